The summed E-state index contributed by atoms with van der Waals surface area (Å²) in [5.74, 6) is -2.07. The zero-order chi connectivity index (χ0) is 18.3. The van der Waals surface area contributed by atoms with Crippen LogP contribution in [-0.2, 0) is 9.59 Å². The van der Waals surface area contributed by atoms with Crippen molar-refractivity contribution in [2.24, 2.45) is 0 Å². The lowest BCUT2D eigenvalue weighted by Crippen LogP contribution is -2.54. The van der Waals surface area contributed by atoms with E-state index in [4.69, 9.17) is 4.74 Å². The van der Waals surface area contributed by atoms with E-state index in [0.29, 0.717) is 0 Å². The average molecular weight is 358 g/mol. The highest BCUT2D eigenvalue weighted by Gasteiger charge is 2.46. The maximum Gasteiger partial charge on any atom is 0.267 e. The number of pyridine rings is 1. The molecule has 0 aromatic carbocycles. The van der Waals surface area contributed by atoms with Crippen molar-refractivity contribution >= 4 is 23.6 Å². The summed E-state index contributed by atoms with van der Waals surface area (Å²) in [4.78, 5) is 54.1. The number of aromatic nitrogens is 1. The Morgan fingerprint density at radius 3 is 2.58 bits per heavy atom. The Hall–Kier alpha value is -2.81. The van der Waals surface area contributed by atoms with Crippen LogP contribution in [0.5, 0.6) is 5.88 Å². The van der Waals surface area contributed by atoms with Crippen LogP contribution in [-0.4, -0.2) is 58.7 Å². The van der Waals surface area contributed by atoms with Crippen LogP contribution in [0.25, 0.3) is 0 Å². The second-order valence-electron chi connectivity index (χ2n) is 6.55. The van der Waals surface area contributed by atoms with Gasteiger partial charge in [-0.3, -0.25) is 29.4 Å². The first-order valence-corrected chi connectivity index (χ1v) is 8.64. The molecule has 2 N–H and O–H groups in total. The lowest BCUT2D eigenvalue weighted by Gasteiger charge is -2.28. The molecule has 4 heterocycles. The summed E-state index contributed by atoms with van der Waals surface area (Å²) in [5.41, 5.74) is 0.277. The van der Waals surface area contributed by atoms with E-state index in [-0.39, 0.29) is 36.0 Å². The molecule has 2 saturated heterocycles. The standard InChI is InChI=1S/C17H18N4O5/c22-12-2-1-11(14(23)20-12)21-16(24)10-5-8-19-15(13(10)17(21)25)26-9-3-6-18-7-4-9/h5,8-9,11,18H,1-4,6-7H2,(H,20,22,23)/t11-/m1/s1. The van der Waals surface area contributed by atoms with Crippen molar-refractivity contribution in [2.45, 2.75) is 37.8 Å². The third-order valence-electron chi connectivity index (χ3n) is 4.88. The fourth-order valence-electron chi connectivity index (χ4n) is 3.54. The molecule has 0 bridgehead atoms. The largest absolute Gasteiger partial charge is 0.474 e. The van der Waals surface area contributed by atoms with Gasteiger partial charge in [0.15, 0.2) is 0 Å². The number of rotatable bonds is 3. The van der Waals surface area contributed by atoms with Gasteiger partial charge in [0.25, 0.3) is 11.8 Å². The molecule has 2 fully saturated rings. The Labute approximate surface area is 149 Å². The number of imide groups is 2. The first kappa shape index (κ1) is 16.6. The Bertz CT molecular complexity index is 802. The van der Waals surface area contributed by atoms with Crippen molar-refractivity contribution in [1.29, 1.82) is 0 Å². The lowest BCUT2D eigenvalue weighted by atomic mass is 10.0. The van der Waals surface area contributed by atoms with Crippen LogP contribution in [0.1, 0.15) is 46.4 Å². The zero-order valence-electron chi connectivity index (χ0n) is 14.0. The molecule has 1 atom stereocenters. The SMILES string of the molecule is O=C1CC[C@@H](N2C(=O)c3ccnc(OC4CCNCC4)c3C2=O)C(=O)N1. The van der Waals surface area contributed by atoms with E-state index in [1.807, 2.05) is 0 Å². The number of carbonyl (C=O) groups excluding carboxylic acids is 4. The van der Waals surface area contributed by atoms with E-state index < -0.39 is 29.7 Å². The summed E-state index contributed by atoms with van der Waals surface area (Å²) in [6.45, 7) is 1.63. The molecule has 9 heteroatoms. The van der Waals surface area contributed by atoms with Gasteiger partial charge in [0, 0.05) is 12.6 Å². The fraction of sp³-hybridized carbons (Fsp3) is 0.471. The first-order chi connectivity index (χ1) is 12.6. The number of nitrogens with zero attached hydrogens (tertiary/aromatic N) is 2. The minimum atomic E-state index is -0.994. The molecule has 0 radical (unpaired) electrons. The van der Waals surface area contributed by atoms with Gasteiger partial charge in [-0.25, -0.2) is 4.98 Å². The van der Waals surface area contributed by atoms with Crippen molar-refractivity contribution in [2.75, 3.05) is 13.1 Å². The van der Waals surface area contributed by atoms with Gasteiger partial charge >= 0.3 is 0 Å². The van der Waals surface area contributed by atoms with Crippen molar-refractivity contribution in [3.8, 4) is 5.88 Å². The first-order valence-electron chi connectivity index (χ1n) is 8.64. The minimum Gasteiger partial charge on any atom is -0.474 e. The molecule has 9 nitrogen and oxygen atoms in total. The quantitative estimate of drug-likeness (QED) is 0.707. The monoisotopic (exact) mass is 358 g/mol. The smallest absolute Gasteiger partial charge is 0.267 e. The van der Waals surface area contributed by atoms with Crippen LogP contribution in [0.15, 0.2) is 12.3 Å². The Morgan fingerprint density at radius 1 is 1.08 bits per heavy atom. The third-order valence-corrected chi connectivity index (χ3v) is 4.88. The average Bonchev–Trinajstić information content (AvgIpc) is 2.88. The highest BCUT2D eigenvalue weighted by molar-refractivity contribution is 6.24. The maximum absolute atomic E-state index is 12.9. The summed E-state index contributed by atoms with van der Waals surface area (Å²) in [5, 5.41) is 5.40. The normalized spacial score (nSPS) is 23.8. The summed E-state index contributed by atoms with van der Waals surface area (Å²) in [6, 6.07) is 0.461. The summed E-state index contributed by atoms with van der Waals surface area (Å²) in [6.07, 6.45) is 3.11. The number of hydrogen-bond donors (Lipinski definition) is 2. The molecule has 0 spiro atoms. The van der Waals surface area contributed by atoms with Crippen molar-refractivity contribution in [3.05, 3.63) is 23.4 Å². The van der Waals surface area contributed by atoms with Crippen LogP contribution in [0.2, 0.25) is 0 Å². The van der Waals surface area contributed by atoms with E-state index >= 15 is 0 Å². The van der Waals surface area contributed by atoms with E-state index in [1.54, 1.807) is 0 Å². The molecular formula is C17H18N4O5. The molecule has 26 heavy (non-hydrogen) atoms. The number of nitrogens with one attached hydrogen (secondary N) is 2. The minimum absolute atomic E-state index is 0.0807. The summed E-state index contributed by atoms with van der Waals surface area (Å²) >= 11 is 0. The van der Waals surface area contributed by atoms with Crippen LogP contribution >= 0.6 is 0 Å². The predicted octanol–water partition coefficient (Wildman–Crippen LogP) is -0.386. The number of amides is 4. The van der Waals surface area contributed by atoms with E-state index in [9.17, 15) is 19.2 Å². The second kappa shape index (κ2) is 6.49. The highest BCUT2D eigenvalue weighted by atomic mass is 16.5. The number of ether oxygens (including phenoxy) is 1. The topological polar surface area (TPSA) is 118 Å². The Balaban J connectivity index is 1.62. The number of hydrogen-bond acceptors (Lipinski definition) is 7. The van der Waals surface area contributed by atoms with Crippen molar-refractivity contribution in [3.63, 3.8) is 0 Å². The second-order valence-corrected chi connectivity index (χ2v) is 6.55. The lowest BCUT2D eigenvalue weighted by molar-refractivity contribution is -0.136. The number of fused-ring (bicyclic) bond motifs is 1. The number of carbonyl (C=O) groups is 4. The molecule has 1 aromatic rings. The molecule has 4 amide bonds. The van der Waals surface area contributed by atoms with Crippen LogP contribution < -0.4 is 15.4 Å². The fourth-order valence-corrected chi connectivity index (χ4v) is 3.54. The summed E-state index contributed by atoms with van der Waals surface area (Å²) in [7, 11) is 0. The molecule has 136 valence electrons. The highest BCUT2D eigenvalue weighted by Crippen LogP contribution is 2.33. The molecular weight excluding hydrogens is 340 g/mol. The van der Waals surface area contributed by atoms with Gasteiger partial charge in [-0.05, 0) is 38.4 Å². The zero-order valence-corrected chi connectivity index (χ0v) is 14.0. The van der Waals surface area contributed by atoms with E-state index in [2.05, 4.69) is 15.6 Å². The molecule has 3 aliphatic rings. The molecule has 0 aliphatic carbocycles. The van der Waals surface area contributed by atoms with Gasteiger partial charge in [0.05, 0.1) is 5.56 Å². The van der Waals surface area contributed by atoms with Gasteiger partial charge in [0.2, 0.25) is 17.7 Å². The Morgan fingerprint density at radius 2 is 1.85 bits per heavy atom. The molecule has 4 rings (SSSR count). The third kappa shape index (κ3) is 2.74. The van der Waals surface area contributed by atoms with Gasteiger partial charge in [-0.15, -0.1) is 0 Å². The Kier molecular flexibility index (Phi) is 4.15. The van der Waals surface area contributed by atoms with Crippen LogP contribution in [0.4, 0.5) is 0 Å². The molecule has 1 aromatic heterocycles. The van der Waals surface area contributed by atoms with Crippen molar-refractivity contribution < 1.29 is 23.9 Å². The van der Waals surface area contributed by atoms with E-state index in [1.165, 1.54) is 12.3 Å². The molecule has 0 saturated carbocycles. The number of piperidine rings is 2. The van der Waals surface area contributed by atoms with Gasteiger partial charge in [-0.1, -0.05) is 0 Å². The van der Waals surface area contributed by atoms with Gasteiger partial charge in [0.1, 0.15) is 17.7 Å². The maximum atomic E-state index is 12.9. The van der Waals surface area contributed by atoms with Gasteiger partial charge < -0.3 is 10.1 Å². The molecule has 3 aliphatic heterocycles. The van der Waals surface area contributed by atoms with Crippen LogP contribution in [0, 0.1) is 0 Å². The van der Waals surface area contributed by atoms with E-state index in [0.717, 1.165) is 30.8 Å². The van der Waals surface area contributed by atoms with Crippen LogP contribution in [0.3, 0.4) is 0 Å². The summed E-state index contributed by atoms with van der Waals surface area (Å²) < 4.78 is 5.89. The molecule has 0 unspecified atom stereocenters. The predicted molar refractivity (Wildman–Crippen MR) is 87.4 cm³/mol. The van der Waals surface area contributed by atoms with Crippen molar-refractivity contribution in [1.82, 2.24) is 20.5 Å². The van der Waals surface area contributed by atoms with Gasteiger partial charge in [-0.2, -0.15) is 0 Å².